The Hall–Kier alpha value is -4.01. The first-order chi connectivity index (χ1) is 20.4. The maximum Gasteiger partial charge on any atom is 0.243 e. The number of nitrogens with one attached hydrogen (secondary N) is 2. The molecular formula is C34H41N5O3. The van der Waals surface area contributed by atoms with E-state index in [-0.39, 0.29) is 36.7 Å². The van der Waals surface area contributed by atoms with E-state index in [0.29, 0.717) is 24.7 Å². The minimum atomic E-state index is -0.817. The molecule has 3 aromatic rings. The summed E-state index contributed by atoms with van der Waals surface area (Å²) in [6.07, 6.45) is -0.0763. The van der Waals surface area contributed by atoms with Crippen LogP contribution in [0.15, 0.2) is 84.9 Å². The van der Waals surface area contributed by atoms with Crippen molar-refractivity contribution >= 4 is 23.4 Å². The highest BCUT2D eigenvalue weighted by Crippen LogP contribution is 2.29. The molecule has 2 aliphatic rings. The fourth-order valence-corrected chi connectivity index (χ4v) is 5.90. The van der Waals surface area contributed by atoms with Gasteiger partial charge in [0.2, 0.25) is 17.7 Å². The highest BCUT2D eigenvalue weighted by molar-refractivity contribution is 5.97. The van der Waals surface area contributed by atoms with Gasteiger partial charge in [-0.3, -0.25) is 24.2 Å². The average Bonchev–Trinajstić information content (AvgIpc) is 3.00. The molecule has 3 amide bonds. The summed E-state index contributed by atoms with van der Waals surface area (Å²) in [6.45, 7) is 8.40. The highest BCUT2D eigenvalue weighted by atomic mass is 16.2. The molecule has 8 nitrogen and oxygen atoms in total. The van der Waals surface area contributed by atoms with E-state index in [4.69, 9.17) is 0 Å². The van der Waals surface area contributed by atoms with Gasteiger partial charge in [0.25, 0.3) is 0 Å². The maximum absolute atomic E-state index is 13.5. The van der Waals surface area contributed by atoms with Crippen LogP contribution in [0.1, 0.15) is 48.9 Å². The highest BCUT2D eigenvalue weighted by Gasteiger charge is 2.36. The Bertz CT molecular complexity index is 1300. The summed E-state index contributed by atoms with van der Waals surface area (Å²) in [5.74, 6) is -0.274. The number of benzene rings is 3. The molecule has 42 heavy (non-hydrogen) atoms. The molecule has 2 heterocycles. The largest absolute Gasteiger partial charge is 0.353 e. The van der Waals surface area contributed by atoms with E-state index in [9.17, 15) is 14.4 Å². The van der Waals surface area contributed by atoms with Crippen molar-refractivity contribution in [2.45, 2.75) is 38.3 Å². The first kappa shape index (κ1) is 29.5. The third-order valence-electron chi connectivity index (χ3n) is 8.25. The third kappa shape index (κ3) is 7.24. The second-order valence-corrected chi connectivity index (χ2v) is 11.5. The Morgan fingerprint density at radius 3 is 1.98 bits per heavy atom. The van der Waals surface area contributed by atoms with Gasteiger partial charge in [0, 0.05) is 45.0 Å². The third-order valence-corrected chi connectivity index (χ3v) is 8.25. The van der Waals surface area contributed by atoms with Gasteiger partial charge >= 0.3 is 0 Å². The van der Waals surface area contributed by atoms with E-state index in [1.54, 1.807) is 4.90 Å². The molecule has 5 rings (SSSR count). The van der Waals surface area contributed by atoms with Gasteiger partial charge in [-0.05, 0) is 34.7 Å². The van der Waals surface area contributed by atoms with Crippen LogP contribution in [0.5, 0.6) is 0 Å². The maximum atomic E-state index is 13.5. The normalized spacial score (nSPS) is 18.2. The number of piperazine rings is 2. The molecule has 1 atom stereocenters. The van der Waals surface area contributed by atoms with Crippen molar-refractivity contribution in [3.05, 3.63) is 102 Å². The lowest BCUT2D eigenvalue weighted by atomic mass is 9.96. The lowest BCUT2D eigenvalue weighted by molar-refractivity contribution is -0.145. The van der Waals surface area contributed by atoms with Gasteiger partial charge in [-0.15, -0.1) is 0 Å². The van der Waals surface area contributed by atoms with E-state index >= 15 is 0 Å². The predicted octanol–water partition coefficient (Wildman–Crippen LogP) is 3.87. The quantitative estimate of drug-likeness (QED) is 0.410. The number of hydrogen-bond acceptors (Lipinski definition) is 5. The van der Waals surface area contributed by atoms with Crippen LogP contribution in [0, 0.1) is 0 Å². The monoisotopic (exact) mass is 567 g/mol. The molecule has 0 aromatic heterocycles. The molecule has 0 unspecified atom stereocenters. The fraction of sp³-hybridized carbons (Fsp3) is 0.382. The summed E-state index contributed by atoms with van der Waals surface area (Å²) in [7, 11) is 0. The van der Waals surface area contributed by atoms with Gasteiger partial charge in [-0.2, -0.15) is 0 Å². The van der Waals surface area contributed by atoms with Crippen molar-refractivity contribution in [2.24, 2.45) is 0 Å². The summed E-state index contributed by atoms with van der Waals surface area (Å²) in [4.78, 5) is 45.4. The van der Waals surface area contributed by atoms with Crippen LogP contribution in [0.25, 0.3) is 0 Å². The van der Waals surface area contributed by atoms with E-state index in [1.807, 2.05) is 36.4 Å². The molecule has 220 valence electrons. The smallest absolute Gasteiger partial charge is 0.243 e. The number of nitrogens with zero attached hydrogens (tertiary/aromatic N) is 3. The van der Waals surface area contributed by atoms with E-state index in [1.165, 1.54) is 16.7 Å². The molecule has 0 radical (unpaired) electrons. The Morgan fingerprint density at radius 1 is 0.810 bits per heavy atom. The van der Waals surface area contributed by atoms with Crippen LogP contribution in [0.4, 0.5) is 5.69 Å². The number of rotatable bonds is 9. The van der Waals surface area contributed by atoms with Crippen molar-refractivity contribution in [2.75, 3.05) is 51.1 Å². The molecule has 3 aromatic carbocycles. The molecule has 8 heteroatoms. The van der Waals surface area contributed by atoms with E-state index < -0.39 is 6.04 Å². The van der Waals surface area contributed by atoms with Gasteiger partial charge in [0.15, 0.2) is 0 Å². The molecule has 0 bridgehead atoms. The Kier molecular flexibility index (Phi) is 9.66. The van der Waals surface area contributed by atoms with Gasteiger partial charge in [-0.25, -0.2) is 0 Å². The summed E-state index contributed by atoms with van der Waals surface area (Å²) in [5, 5.41) is 5.71. The summed E-state index contributed by atoms with van der Waals surface area (Å²) in [5.41, 5.74) is 4.38. The first-order valence-electron chi connectivity index (χ1n) is 14.9. The van der Waals surface area contributed by atoms with Crippen LogP contribution >= 0.6 is 0 Å². The zero-order valence-electron chi connectivity index (χ0n) is 24.5. The van der Waals surface area contributed by atoms with Gasteiger partial charge in [0.05, 0.1) is 19.0 Å². The minimum absolute atomic E-state index is 0.0763. The second kappa shape index (κ2) is 13.8. The molecule has 0 spiro atoms. The zero-order valence-corrected chi connectivity index (χ0v) is 24.5. The molecule has 0 aliphatic carbocycles. The summed E-state index contributed by atoms with van der Waals surface area (Å²) < 4.78 is 0. The van der Waals surface area contributed by atoms with Crippen LogP contribution < -0.4 is 10.6 Å². The molecule has 2 fully saturated rings. The van der Waals surface area contributed by atoms with Crippen molar-refractivity contribution in [3.63, 3.8) is 0 Å². The molecular weight excluding hydrogens is 526 g/mol. The number of carbonyl (C=O) groups is 3. The molecule has 2 N–H and O–H groups in total. The SMILES string of the molecule is CC(C)c1ccc(NC(=O)C[C@H]2C(=O)NCCN2C(=O)CN2CCN(C(c3ccccc3)c3ccccc3)CC2)cc1. The molecule has 2 saturated heterocycles. The van der Waals surface area contributed by atoms with Gasteiger partial charge < -0.3 is 15.5 Å². The Balaban J connectivity index is 1.18. The summed E-state index contributed by atoms with van der Waals surface area (Å²) in [6, 6.07) is 28.1. The average molecular weight is 568 g/mol. The van der Waals surface area contributed by atoms with Crippen LogP contribution in [0.3, 0.4) is 0 Å². The van der Waals surface area contributed by atoms with E-state index in [2.05, 4.69) is 82.8 Å². The van der Waals surface area contributed by atoms with Crippen LogP contribution in [0.2, 0.25) is 0 Å². The van der Waals surface area contributed by atoms with Gasteiger partial charge in [0.1, 0.15) is 6.04 Å². The summed E-state index contributed by atoms with van der Waals surface area (Å²) >= 11 is 0. The van der Waals surface area contributed by atoms with Crippen molar-refractivity contribution < 1.29 is 14.4 Å². The second-order valence-electron chi connectivity index (χ2n) is 11.5. The molecule has 2 aliphatic heterocycles. The fourth-order valence-electron chi connectivity index (χ4n) is 5.90. The predicted molar refractivity (Wildman–Crippen MR) is 165 cm³/mol. The lowest BCUT2D eigenvalue weighted by Crippen LogP contribution is -2.60. The topological polar surface area (TPSA) is 85.0 Å². The zero-order chi connectivity index (χ0) is 29.5. The van der Waals surface area contributed by atoms with Crippen molar-refractivity contribution in [3.8, 4) is 0 Å². The first-order valence-corrected chi connectivity index (χ1v) is 14.9. The van der Waals surface area contributed by atoms with E-state index in [0.717, 1.165) is 26.2 Å². The number of hydrogen-bond donors (Lipinski definition) is 2. The van der Waals surface area contributed by atoms with Gasteiger partial charge in [-0.1, -0.05) is 86.6 Å². The lowest BCUT2D eigenvalue weighted by Gasteiger charge is -2.41. The Labute approximate surface area is 248 Å². The standard InChI is InChI=1S/C34H41N5O3/c1-25(2)26-13-15-29(16-14-26)36-31(40)23-30-34(42)35-17-18-39(30)32(41)24-37-19-21-38(22-20-37)33(27-9-5-3-6-10-27)28-11-7-4-8-12-28/h3-16,25,30,33H,17-24H2,1-2H3,(H,35,42)(H,36,40)/t30-/m0/s1. The molecule has 0 saturated carbocycles. The number of carbonyl (C=O) groups excluding carboxylic acids is 3. The number of amides is 3. The van der Waals surface area contributed by atoms with Crippen molar-refractivity contribution in [1.29, 1.82) is 0 Å². The van der Waals surface area contributed by atoms with Crippen LogP contribution in [-0.4, -0.2) is 84.3 Å². The van der Waals surface area contributed by atoms with Crippen molar-refractivity contribution in [1.82, 2.24) is 20.0 Å². The minimum Gasteiger partial charge on any atom is -0.353 e. The van der Waals surface area contributed by atoms with Crippen LogP contribution in [-0.2, 0) is 14.4 Å². The number of anilines is 1. The Morgan fingerprint density at radius 2 is 1.40 bits per heavy atom.